The molecule has 1 unspecified atom stereocenters. The lowest BCUT2D eigenvalue weighted by atomic mass is 10.1. The largest absolute Gasteiger partial charge is 0.345 e. The summed E-state index contributed by atoms with van der Waals surface area (Å²) in [6.07, 6.45) is 8.77. The highest BCUT2D eigenvalue weighted by Gasteiger charge is 2.34. The van der Waals surface area contributed by atoms with Gasteiger partial charge in [-0.15, -0.1) is 0 Å². The van der Waals surface area contributed by atoms with Crippen LogP contribution in [0.3, 0.4) is 0 Å². The minimum Gasteiger partial charge on any atom is -0.345 e. The molecule has 0 spiro atoms. The molecule has 3 heteroatoms. The summed E-state index contributed by atoms with van der Waals surface area (Å²) in [7, 11) is 4.63. The Morgan fingerprint density at radius 3 is 2.06 bits per heavy atom. The van der Waals surface area contributed by atoms with Gasteiger partial charge >= 0.3 is 0 Å². The molecule has 2 saturated heterocycles. The van der Waals surface area contributed by atoms with Crippen molar-refractivity contribution < 1.29 is 14.1 Å². The van der Waals surface area contributed by atoms with Crippen LogP contribution in [-0.4, -0.2) is 67.1 Å². The van der Waals surface area contributed by atoms with E-state index >= 15 is 0 Å². The molecule has 0 aromatic heterocycles. The van der Waals surface area contributed by atoms with Crippen molar-refractivity contribution in [3.8, 4) is 0 Å². The van der Waals surface area contributed by atoms with Gasteiger partial charge in [-0.3, -0.25) is 0 Å². The van der Waals surface area contributed by atoms with Crippen molar-refractivity contribution in [2.75, 3.05) is 46.8 Å². The van der Waals surface area contributed by atoms with Gasteiger partial charge in [0.1, 0.15) is 0 Å². The van der Waals surface area contributed by atoms with Gasteiger partial charge in [0, 0.05) is 32.1 Å². The first-order valence-corrected chi connectivity index (χ1v) is 7.90. The van der Waals surface area contributed by atoms with Crippen LogP contribution in [0.1, 0.15) is 44.9 Å². The molecule has 106 valence electrons. The third-order valence-electron chi connectivity index (χ3n) is 5.36. The van der Waals surface area contributed by atoms with Crippen LogP contribution < -0.4 is 0 Å². The highest BCUT2D eigenvalue weighted by Crippen LogP contribution is 2.23. The Hall–Kier alpha value is -0.120. The third-order valence-corrected chi connectivity index (χ3v) is 5.36. The molecule has 2 heterocycles. The number of likely N-dealkylation sites (tertiary alicyclic amines) is 2. The van der Waals surface area contributed by atoms with Crippen LogP contribution in [0, 0.1) is 0 Å². The van der Waals surface area contributed by atoms with Crippen molar-refractivity contribution in [3.63, 3.8) is 0 Å². The number of hydrogen-bond acceptors (Lipinski definition) is 1. The summed E-state index contributed by atoms with van der Waals surface area (Å²) < 4.78 is 2.19. The summed E-state index contributed by atoms with van der Waals surface area (Å²) >= 11 is 0. The monoisotopic (exact) mass is 256 g/mol. The number of rotatable bonds is 6. The fraction of sp³-hybridized carbons (Fsp3) is 1.00. The Labute approximate surface area is 113 Å². The number of nitrogens with zero attached hydrogens (tertiary/aromatic N) is 2. The average molecular weight is 256 g/mol. The lowest BCUT2D eigenvalue weighted by Gasteiger charge is -2.34. The Kier molecular flexibility index (Phi) is 4.68. The zero-order chi connectivity index (χ0) is 13.1. The van der Waals surface area contributed by atoms with Crippen molar-refractivity contribution in [2.24, 2.45) is 0 Å². The molecule has 2 aliphatic heterocycles. The predicted octanol–water partition coefficient (Wildman–Crippen LogP) is 1.96. The summed E-state index contributed by atoms with van der Waals surface area (Å²) in [5, 5.41) is 10.3. The van der Waals surface area contributed by atoms with Gasteiger partial charge in [-0.05, 0) is 12.8 Å². The van der Waals surface area contributed by atoms with Crippen LogP contribution in [0.5, 0.6) is 0 Å². The van der Waals surface area contributed by atoms with Crippen LogP contribution in [0.4, 0.5) is 0 Å². The van der Waals surface area contributed by atoms with Crippen molar-refractivity contribution in [3.05, 3.63) is 0 Å². The number of aliphatic hydroxyl groups excluding tert-OH is 1. The Bertz CT molecular complexity index is 255. The van der Waals surface area contributed by atoms with Gasteiger partial charge in [0.25, 0.3) is 0 Å². The van der Waals surface area contributed by atoms with Gasteiger partial charge in [0.15, 0.2) is 6.23 Å². The highest BCUT2D eigenvalue weighted by molar-refractivity contribution is 4.57. The second-order valence-corrected chi connectivity index (χ2v) is 7.11. The normalized spacial score (nSPS) is 27.5. The van der Waals surface area contributed by atoms with Crippen molar-refractivity contribution in [2.45, 2.75) is 51.2 Å². The number of hydrogen-bond donors (Lipinski definition) is 1. The minimum absolute atomic E-state index is 0.114. The molecule has 18 heavy (non-hydrogen) atoms. The van der Waals surface area contributed by atoms with E-state index in [2.05, 4.69) is 14.1 Å². The summed E-state index contributed by atoms with van der Waals surface area (Å²) in [6.45, 7) is 6.41. The van der Waals surface area contributed by atoms with E-state index in [4.69, 9.17) is 0 Å². The summed E-state index contributed by atoms with van der Waals surface area (Å²) in [4.78, 5) is 0. The van der Waals surface area contributed by atoms with E-state index in [0.29, 0.717) is 0 Å². The van der Waals surface area contributed by atoms with Crippen LogP contribution >= 0.6 is 0 Å². The molecule has 0 aromatic carbocycles. The molecule has 1 atom stereocenters. The van der Waals surface area contributed by atoms with Gasteiger partial charge in [0.05, 0.1) is 46.8 Å². The molecule has 0 aliphatic carbocycles. The first-order chi connectivity index (χ1) is 8.54. The van der Waals surface area contributed by atoms with Crippen molar-refractivity contribution in [1.29, 1.82) is 0 Å². The molecule has 0 saturated carbocycles. The number of unbranched alkanes of at least 4 members (excludes halogenated alkanes) is 1. The van der Waals surface area contributed by atoms with E-state index in [1.54, 1.807) is 0 Å². The average Bonchev–Trinajstić information content (AvgIpc) is 2.95. The SMILES string of the molecule is C[N+]1(CCCCC(O)[N+]2(C)CCCC2)CCCC1. The zero-order valence-electron chi connectivity index (χ0n) is 12.4. The maximum atomic E-state index is 10.3. The second kappa shape index (κ2) is 5.89. The van der Waals surface area contributed by atoms with Gasteiger partial charge in [-0.2, -0.15) is 0 Å². The second-order valence-electron chi connectivity index (χ2n) is 7.11. The first-order valence-electron chi connectivity index (χ1n) is 7.90. The third kappa shape index (κ3) is 3.46. The van der Waals surface area contributed by atoms with E-state index in [-0.39, 0.29) is 6.23 Å². The van der Waals surface area contributed by atoms with Crippen LogP contribution in [-0.2, 0) is 0 Å². The molecule has 0 radical (unpaired) electrons. The molecule has 2 aliphatic rings. The van der Waals surface area contributed by atoms with E-state index in [1.807, 2.05) is 0 Å². The quantitative estimate of drug-likeness (QED) is 0.569. The van der Waals surface area contributed by atoms with Gasteiger partial charge in [-0.1, -0.05) is 0 Å². The lowest BCUT2D eigenvalue weighted by molar-refractivity contribution is -0.944. The topological polar surface area (TPSA) is 20.2 Å². The molecule has 0 aromatic rings. The maximum absolute atomic E-state index is 10.3. The molecule has 2 fully saturated rings. The highest BCUT2D eigenvalue weighted by atomic mass is 16.3. The first kappa shape index (κ1) is 14.3. The predicted molar refractivity (Wildman–Crippen MR) is 75.0 cm³/mol. The summed E-state index contributed by atoms with van der Waals surface area (Å²) in [5.41, 5.74) is 0. The Balaban J connectivity index is 1.63. The zero-order valence-corrected chi connectivity index (χ0v) is 12.4. The fourth-order valence-corrected chi connectivity index (χ4v) is 3.81. The number of quaternary nitrogens is 2. The maximum Gasteiger partial charge on any atom is 0.190 e. The molecular weight excluding hydrogens is 224 g/mol. The van der Waals surface area contributed by atoms with E-state index in [0.717, 1.165) is 10.9 Å². The van der Waals surface area contributed by atoms with E-state index in [1.165, 1.54) is 75.7 Å². The van der Waals surface area contributed by atoms with Crippen molar-refractivity contribution >= 4 is 0 Å². The minimum atomic E-state index is -0.114. The summed E-state index contributed by atoms with van der Waals surface area (Å²) in [6, 6.07) is 0. The van der Waals surface area contributed by atoms with Gasteiger partial charge < -0.3 is 14.1 Å². The van der Waals surface area contributed by atoms with Gasteiger partial charge in [0.2, 0.25) is 0 Å². The van der Waals surface area contributed by atoms with Gasteiger partial charge in [-0.25, -0.2) is 0 Å². The molecule has 2 rings (SSSR count). The number of aliphatic hydroxyl groups is 1. The molecule has 0 amide bonds. The smallest absolute Gasteiger partial charge is 0.190 e. The van der Waals surface area contributed by atoms with Crippen LogP contribution in [0.25, 0.3) is 0 Å². The summed E-state index contributed by atoms with van der Waals surface area (Å²) in [5.74, 6) is 0. The lowest BCUT2D eigenvalue weighted by Crippen LogP contribution is -2.49. The van der Waals surface area contributed by atoms with Crippen LogP contribution in [0.15, 0.2) is 0 Å². The Morgan fingerprint density at radius 1 is 0.889 bits per heavy atom. The molecule has 1 N–H and O–H groups in total. The molecule has 0 bridgehead atoms. The van der Waals surface area contributed by atoms with Crippen molar-refractivity contribution in [1.82, 2.24) is 0 Å². The standard InChI is InChI=1S/C15H32N2O/c1-16(11-5-6-12-16)10-4-3-9-15(18)17(2)13-7-8-14-17/h15,18H,3-14H2,1-2H3/q+2. The van der Waals surface area contributed by atoms with Crippen LogP contribution in [0.2, 0.25) is 0 Å². The Morgan fingerprint density at radius 2 is 1.44 bits per heavy atom. The van der Waals surface area contributed by atoms with E-state index < -0.39 is 0 Å². The fourth-order valence-electron chi connectivity index (χ4n) is 3.81. The molecule has 3 nitrogen and oxygen atoms in total. The molecular formula is C15H32N2O+2. The van der Waals surface area contributed by atoms with E-state index in [9.17, 15) is 5.11 Å².